The number of Topliss-reactive ketones (excluding diaryl/α,β-unsaturated/α-hetero) is 1. The molecule has 1 aromatic rings. The summed E-state index contributed by atoms with van der Waals surface area (Å²) >= 11 is 9.14. The molecule has 0 unspecified atom stereocenters. The molecule has 0 aliphatic heterocycles. The minimum atomic E-state index is -3.65. The Balaban J connectivity index is 3.18. The molecule has 94 valence electrons. The largest absolute Gasteiger partial charge is 0.291 e. The minimum Gasteiger partial charge on any atom is -0.291 e. The van der Waals surface area contributed by atoms with Crippen LogP contribution in [0.3, 0.4) is 0 Å². The van der Waals surface area contributed by atoms with Gasteiger partial charge in [-0.15, -0.1) is 0 Å². The lowest BCUT2D eigenvalue weighted by atomic mass is 10.1. The van der Waals surface area contributed by atoms with Crippen LogP contribution in [0.4, 0.5) is 0 Å². The number of carbonyl (C=O) groups is 1. The molecule has 0 amide bonds. The van der Waals surface area contributed by atoms with Gasteiger partial charge in [0.2, 0.25) is 4.21 Å². The Kier molecular flexibility index (Phi) is 4.38. The molecule has 1 aromatic carbocycles. The van der Waals surface area contributed by atoms with Crippen LogP contribution in [0, 0.1) is 0 Å². The number of sulfone groups is 1. The molecule has 1 rings (SSSR count). The molecule has 3 nitrogen and oxygen atoms in total. The van der Waals surface area contributed by atoms with E-state index in [1.165, 1.54) is 26.0 Å². The van der Waals surface area contributed by atoms with E-state index in [2.05, 4.69) is 15.9 Å². The SMILES string of the molecule is CCS(=O)(=O)[C@@](C)(Cl)C(=O)c1ccc(Br)cc1. The summed E-state index contributed by atoms with van der Waals surface area (Å²) in [5, 5.41) is 0. The van der Waals surface area contributed by atoms with Gasteiger partial charge < -0.3 is 0 Å². The molecule has 1 atom stereocenters. The summed E-state index contributed by atoms with van der Waals surface area (Å²) in [6, 6.07) is 6.41. The lowest BCUT2D eigenvalue weighted by molar-refractivity contribution is 0.0978. The van der Waals surface area contributed by atoms with Crippen LogP contribution in [-0.2, 0) is 9.84 Å². The van der Waals surface area contributed by atoms with E-state index in [0.29, 0.717) is 0 Å². The summed E-state index contributed by atoms with van der Waals surface area (Å²) in [4.78, 5) is 12.1. The number of hydrogen-bond acceptors (Lipinski definition) is 3. The van der Waals surface area contributed by atoms with Crippen molar-refractivity contribution in [1.29, 1.82) is 0 Å². The van der Waals surface area contributed by atoms with Gasteiger partial charge in [0.05, 0.1) is 0 Å². The van der Waals surface area contributed by atoms with Gasteiger partial charge >= 0.3 is 0 Å². The van der Waals surface area contributed by atoms with Crippen LogP contribution in [0.5, 0.6) is 0 Å². The third kappa shape index (κ3) is 2.89. The summed E-state index contributed by atoms with van der Waals surface area (Å²) in [5.41, 5.74) is 0.280. The summed E-state index contributed by atoms with van der Waals surface area (Å²) in [6.45, 7) is 2.68. The number of halogens is 2. The number of rotatable bonds is 4. The fraction of sp³-hybridized carbons (Fsp3) is 0.364. The van der Waals surface area contributed by atoms with Crippen LogP contribution < -0.4 is 0 Å². The van der Waals surface area contributed by atoms with Crippen LogP contribution in [0.15, 0.2) is 28.7 Å². The Bertz CT molecular complexity index is 520. The number of alkyl halides is 1. The first kappa shape index (κ1) is 14.7. The molecule has 0 saturated carbocycles. The Labute approximate surface area is 114 Å². The van der Waals surface area contributed by atoms with E-state index >= 15 is 0 Å². The smallest absolute Gasteiger partial charge is 0.205 e. The zero-order valence-corrected chi connectivity index (χ0v) is 12.6. The normalized spacial score (nSPS) is 15.3. The Hall–Kier alpha value is -0.390. The molecule has 0 aliphatic rings. The van der Waals surface area contributed by atoms with Crippen LogP contribution in [-0.4, -0.2) is 24.2 Å². The molecule has 0 radical (unpaired) electrons. The van der Waals surface area contributed by atoms with Crippen molar-refractivity contribution in [2.24, 2.45) is 0 Å². The number of carbonyl (C=O) groups excluding carboxylic acids is 1. The zero-order valence-electron chi connectivity index (χ0n) is 9.41. The molecular weight excluding hydrogens is 328 g/mol. The molecular formula is C11H12BrClO3S. The Morgan fingerprint density at radius 3 is 2.24 bits per heavy atom. The van der Waals surface area contributed by atoms with E-state index in [9.17, 15) is 13.2 Å². The molecule has 0 aliphatic carbocycles. The highest BCUT2D eigenvalue weighted by Crippen LogP contribution is 2.28. The average molecular weight is 340 g/mol. The molecule has 0 aromatic heterocycles. The van der Waals surface area contributed by atoms with Crippen molar-refractivity contribution in [1.82, 2.24) is 0 Å². The van der Waals surface area contributed by atoms with Crippen molar-refractivity contribution < 1.29 is 13.2 Å². The zero-order chi connectivity index (χ0) is 13.3. The maximum atomic E-state index is 12.1. The van der Waals surface area contributed by atoms with Gasteiger partial charge in [0, 0.05) is 15.8 Å². The summed E-state index contributed by atoms with van der Waals surface area (Å²) in [7, 11) is -3.65. The van der Waals surface area contributed by atoms with Gasteiger partial charge in [0.15, 0.2) is 15.6 Å². The van der Waals surface area contributed by atoms with Crippen LogP contribution in [0.25, 0.3) is 0 Å². The second-order valence-corrected chi connectivity index (χ2v) is 8.18. The van der Waals surface area contributed by atoms with Gasteiger partial charge in [0.25, 0.3) is 0 Å². The molecule has 17 heavy (non-hydrogen) atoms. The monoisotopic (exact) mass is 338 g/mol. The third-order valence-corrected chi connectivity index (χ3v) is 6.00. The van der Waals surface area contributed by atoms with Crippen molar-refractivity contribution in [3.63, 3.8) is 0 Å². The predicted octanol–water partition coefficient (Wildman–Crippen LogP) is 3.02. The third-order valence-electron chi connectivity index (χ3n) is 2.48. The van der Waals surface area contributed by atoms with Crippen molar-refractivity contribution in [3.05, 3.63) is 34.3 Å². The molecule has 0 spiro atoms. The van der Waals surface area contributed by atoms with Crippen LogP contribution in [0.1, 0.15) is 24.2 Å². The highest BCUT2D eigenvalue weighted by molar-refractivity contribution is 9.10. The highest BCUT2D eigenvalue weighted by atomic mass is 79.9. The lowest BCUT2D eigenvalue weighted by Gasteiger charge is -2.20. The van der Waals surface area contributed by atoms with E-state index in [4.69, 9.17) is 11.6 Å². The first-order chi connectivity index (χ1) is 7.72. The van der Waals surface area contributed by atoms with E-state index in [0.717, 1.165) is 4.47 Å². The van der Waals surface area contributed by atoms with E-state index in [-0.39, 0.29) is 11.3 Å². The average Bonchev–Trinajstić information content (AvgIpc) is 2.28. The molecule has 6 heteroatoms. The topological polar surface area (TPSA) is 51.2 Å². The number of ketones is 1. The lowest BCUT2D eigenvalue weighted by Crippen LogP contribution is -2.39. The van der Waals surface area contributed by atoms with E-state index < -0.39 is 19.8 Å². The van der Waals surface area contributed by atoms with Gasteiger partial charge in [-0.05, 0) is 19.1 Å². The van der Waals surface area contributed by atoms with Crippen molar-refractivity contribution >= 4 is 43.2 Å². The summed E-state index contributed by atoms with van der Waals surface area (Å²) in [5.74, 6) is -0.775. The maximum absolute atomic E-state index is 12.1. The fourth-order valence-corrected chi connectivity index (χ4v) is 2.91. The van der Waals surface area contributed by atoms with Crippen molar-refractivity contribution in [2.75, 3.05) is 5.75 Å². The fourth-order valence-electron chi connectivity index (χ4n) is 1.27. The first-order valence-corrected chi connectivity index (χ1v) is 7.76. The summed E-state index contributed by atoms with van der Waals surface area (Å²) in [6.07, 6.45) is 0. The Morgan fingerprint density at radius 2 is 1.82 bits per heavy atom. The van der Waals surface area contributed by atoms with Gasteiger partial charge in [-0.1, -0.05) is 46.6 Å². The van der Waals surface area contributed by atoms with Gasteiger partial charge in [0.1, 0.15) is 0 Å². The first-order valence-electron chi connectivity index (χ1n) is 4.94. The molecule has 0 fully saturated rings. The molecule has 0 saturated heterocycles. The second kappa shape index (κ2) is 5.08. The molecule has 0 N–H and O–H groups in total. The standard InChI is InChI=1S/C11H12BrClO3S/c1-3-17(15,16)11(2,13)10(14)8-4-6-9(12)7-5-8/h4-7H,3H2,1-2H3/t11-/m1/s1. The molecule has 0 bridgehead atoms. The van der Waals surface area contributed by atoms with Crippen LogP contribution >= 0.6 is 27.5 Å². The highest BCUT2D eigenvalue weighted by Gasteiger charge is 2.43. The predicted molar refractivity (Wildman–Crippen MR) is 72.2 cm³/mol. The number of benzene rings is 1. The molecule has 0 heterocycles. The van der Waals surface area contributed by atoms with Gasteiger partial charge in [-0.3, -0.25) is 4.79 Å². The number of hydrogen-bond donors (Lipinski definition) is 0. The van der Waals surface area contributed by atoms with E-state index in [1.54, 1.807) is 12.1 Å². The summed E-state index contributed by atoms with van der Waals surface area (Å²) < 4.78 is 22.4. The van der Waals surface area contributed by atoms with Gasteiger partial charge in [-0.25, -0.2) is 8.42 Å². The quantitative estimate of drug-likeness (QED) is 0.626. The van der Waals surface area contributed by atoms with Gasteiger partial charge in [-0.2, -0.15) is 0 Å². The minimum absolute atomic E-state index is 0.171. The van der Waals surface area contributed by atoms with Crippen molar-refractivity contribution in [3.8, 4) is 0 Å². The van der Waals surface area contributed by atoms with E-state index in [1.807, 2.05) is 0 Å². The van der Waals surface area contributed by atoms with Crippen molar-refractivity contribution in [2.45, 2.75) is 18.1 Å². The second-order valence-electron chi connectivity index (χ2n) is 3.66. The van der Waals surface area contributed by atoms with Crippen LogP contribution in [0.2, 0.25) is 0 Å². The Morgan fingerprint density at radius 1 is 1.35 bits per heavy atom. The maximum Gasteiger partial charge on any atom is 0.205 e.